The second-order valence-corrected chi connectivity index (χ2v) is 12.3. The van der Waals surface area contributed by atoms with E-state index in [0.717, 1.165) is 35.6 Å². The van der Waals surface area contributed by atoms with E-state index in [1.165, 1.54) is 4.90 Å². The Labute approximate surface area is 270 Å². The van der Waals surface area contributed by atoms with E-state index in [1.807, 2.05) is 0 Å². The van der Waals surface area contributed by atoms with Gasteiger partial charge in [-0.1, -0.05) is 11.6 Å². The van der Waals surface area contributed by atoms with Gasteiger partial charge in [0, 0.05) is 30.9 Å². The first-order valence-corrected chi connectivity index (χ1v) is 15.6. The van der Waals surface area contributed by atoms with Crippen LogP contribution in [0.2, 0.25) is 4.34 Å². The number of cyclic esters (lactones) is 1. The normalized spacial score (nSPS) is 19.8. The number of ether oxygens (including phenoxy) is 2. The number of thiophene rings is 1. The van der Waals surface area contributed by atoms with Gasteiger partial charge in [0.2, 0.25) is 11.8 Å². The van der Waals surface area contributed by atoms with Crippen molar-refractivity contribution in [2.75, 3.05) is 55.7 Å². The lowest BCUT2D eigenvalue weighted by Gasteiger charge is -2.27. The molecule has 1 aromatic carbocycles. The van der Waals surface area contributed by atoms with E-state index < -0.39 is 24.0 Å². The molecule has 3 aliphatic rings. The molecule has 15 heteroatoms. The molecule has 5 amide bonds. The second kappa shape index (κ2) is 15.7. The van der Waals surface area contributed by atoms with Gasteiger partial charge in [0.15, 0.2) is 0 Å². The topological polar surface area (TPSA) is 138 Å². The molecule has 238 valence electrons. The molecule has 3 fully saturated rings. The first-order chi connectivity index (χ1) is 20.8. The Morgan fingerprint density at radius 2 is 1.82 bits per heavy atom. The number of imide groups is 1. The minimum Gasteiger partial charge on any atom is -0.442 e. The minimum atomic E-state index is -0.741. The van der Waals surface area contributed by atoms with Gasteiger partial charge < -0.3 is 25.0 Å². The smallest absolute Gasteiger partial charge is 0.414 e. The van der Waals surface area contributed by atoms with Crippen LogP contribution in [0.4, 0.5) is 16.2 Å². The number of amides is 5. The summed E-state index contributed by atoms with van der Waals surface area (Å²) in [6, 6.07) is 9.96. The van der Waals surface area contributed by atoms with Crippen LogP contribution in [0.25, 0.3) is 0 Å². The van der Waals surface area contributed by atoms with Crippen molar-refractivity contribution in [3.63, 3.8) is 0 Å². The van der Waals surface area contributed by atoms with E-state index in [2.05, 4.69) is 10.6 Å². The molecular formula is C29H35Cl2N5O7S. The van der Waals surface area contributed by atoms with Crippen molar-refractivity contribution < 1.29 is 33.4 Å². The van der Waals surface area contributed by atoms with Gasteiger partial charge in [-0.3, -0.25) is 29.0 Å². The van der Waals surface area contributed by atoms with Crippen LogP contribution in [0.3, 0.4) is 0 Å². The van der Waals surface area contributed by atoms with E-state index in [-0.39, 0.29) is 56.4 Å². The van der Waals surface area contributed by atoms with E-state index >= 15 is 0 Å². The molecule has 5 rings (SSSR count). The summed E-state index contributed by atoms with van der Waals surface area (Å²) in [6.07, 6.45) is 1.60. The summed E-state index contributed by atoms with van der Waals surface area (Å²) in [4.78, 5) is 68.3. The lowest BCUT2D eigenvalue weighted by Crippen LogP contribution is -2.43. The Balaban J connectivity index is 0.00000442. The first kappa shape index (κ1) is 33.7. The fraction of sp³-hybridized carbons (Fsp3) is 0.483. The number of nitrogens with one attached hydrogen (secondary N) is 2. The summed E-state index contributed by atoms with van der Waals surface area (Å²) in [5.74, 6) is -1.07. The fourth-order valence-electron chi connectivity index (χ4n) is 5.27. The van der Waals surface area contributed by atoms with Crippen molar-refractivity contribution in [2.24, 2.45) is 0 Å². The molecule has 4 heterocycles. The van der Waals surface area contributed by atoms with Crippen molar-refractivity contribution >= 4 is 76.4 Å². The van der Waals surface area contributed by atoms with Crippen LogP contribution in [0.5, 0.6) is 0 Å². The average Bonchev–Trinajstić information content (AvgIpc) is 3.77. The van der Waals surface area contributed by atoms with Crippen molar-refractivity contribution in [2.45, 2.75) is 44.2 Å². The molecule has 0 radical (unpaired) electrons. The summed E-state index contributed by atoms with van der Waals surface area (Å²) < 4.78 is 11.2. The van der Waals surface area contributed by atoms with Crippen molar-refractivity contribution in [3.05, 3.63) is 45.6 Å². The largest absolute Gasteiger partial charge is 0.442 e. The van der Waals surface area contributed by atoms with Crippen LogP contribution < -0.4 is 20.4 Å². The van der Waals surface area contributed by atoms with Crippen LogP contribution in [0.15, 0.2) is 36.4 Å². The zero-order chi connectivity index (χ0) is 30.3. The Hall–Kier alpha value is -3.23. The molecule has 3 saturated heterocycles. The third-order valence-electron chi connectivity index (χ3n) is 7.54. The molecule has 2 atom stereocenters. The van der Waals surface area contributed by atoms with Crippen LogP contribution in [-0.2, 0) is 23.9 Å². The second-order valence-electron chi connectivity index (χ2n) is 10.5. The molecule has 3 aliphatic heterocycles. The number of nitrogens with zero attached hydrogens (tertiary/aromatic N) is 3. The van der Waals surface area contributed by atoms with Crippen molar-refractivity contribution in [1.29, 1.82) is 0 Å². The van der Waals surface area contributed by atoms with Crippen LogP contribution in [0, 0.1) is 0 Å². The fourth-order valence-corrected chi connectivity index (χ4v) is 6.27. The van der Waals surface area contributed by atoms with Crippen LogP contribution in [-0.4, -0.2) is 92.7 Å². The maximum atomic E-state index is 13.4. The lowest BCUT2D eigenvalue weighted by molar-refractivity contribution is -0.129. The Bertz CT molecular complexity index is 1350. The molecule has 2 aromatic rings. The predicted molar refractivity (Wildman–Crippen MR) is 168 cm³/mol. The SMILES string of the molecule is Cl.O=C(NCCCCC(=O)N(C[C@H]1CN(c2ccc(N3CCOCC3=O)cc2)C(=O)O1)C(=O)c1ccc(Cl)s1)[C@H]1CCCN1. The average molecular weight is 669 g/mol. The van der Waals surface area contributed by atoms with E-state index in [4.69, 9.17) is 21.1 Å². The third kappa shape index (κ3) is 8.27. The van der Waals surface area contributed by atoms with Gasteiger partial charge in [-0.15, -0.1) is 23.7 Å². The van der Waals surface area contributed by atoms with Crippen LogP contribution in [0.1, 0.15) is 41.8 Å². The molecule has 0 bridgehead atoms. The molecule has 2 N–H and O–H groups in total. The maximum Gasteiger partial charge on any atom is 0.414 e. The van der Waals surface area contributed by atoms with E-state index in [1.54, 1.807) is 41.3 Å². The number of hydrogen-bond donors (Lipinski definition) is 2. The molecule has 44 heavy (non-hydrogen) atoms. The van der Waals surface area contributed by atoms with Gasteiger partial charge in [0.1, 0.15) is 12.7 Å². The highest BCUT2D eigenvalue weighted by molar-refractivity contribution is 7.18. The first-order valence-electron chi connectivity index (χ1n) is 14.4. The van der Waals surface area contributed by atoms with E-state index in [9.17, 15) is 24.0 Å². The monoisotopic (exact) mass is 667 g/mol. The van der Waals surface area contributed by atoms with Crippen molar-refractivity contribution in [1.82, 2.24) is 15.5 Å². The molecule has 0 aliphatic carbocycles. The molecule has 0 spiro atoms. The van der Waals surface area contributed by atoms with Gasteiger partial charge in [-0.2, -0.15) is 0 Å². The number of unbranched alkanes of at least 4 members (excludes halogenated alkanes) is 1. The Morgan fingerprint density at radius 1 is 1.07 bits per heavy atom. The molecule has 1 aromatic heterocycles. The molecule has 0 unspecified atom stereocenters. The van der Waals surface area contributed by atoms with E-state index in [0.29, 0.717) is 53.1 Å². The summed E-state index contributed by atoms with van der Waals surface area (Å²) in [6.45, 7) is 2.23. The van der Waals surface area contributed by atoms with Gasteiger partial charge in [-0.25, -0.2) is 4.79 Å². The molecule has 12 nitrogen and oxygen atoms in total. The minimum absolute atomic E-state index is 0. The predicted octanol–water partition coefficient (Wildman–Crippen LogP) is 3.22. The number of halogens is 2. The highest BCUT2D eigenvalue weighted by Gasteiger charge is 2.36. The number of benzene rings is 1. The summed E-state index contributed by atoms with van der Waals surface area (Å²) in [7, 11) is 0. The Kier molecular flexibility index (Phi) is 12.0. The van der Waals surface area contributed by atoms with Crippen molar-refractivity contribution in [3.8, 4) is 0 Å². The van der Waals surface area contributed by atoms with Gasteiger partial charge >= 0.3 is 6.09 Å². The van der Waals surface area contributed by atoms with Gasteiger partial charge in [0.05, 0.1) is 35.0 Å². The molecule has 0 saturated carbocycles. The lowest BCUT2D eigenvalue weighted by atomic mass is 10.2. The molecular weight excluding hydrogens is 633 g/mol. The summed E-state index contributed by atoms with van der Waals surface area (Å²) >= 11 is 7.12. The maximum absolute atomic E-state index is 13.4. The quantitative estimate of drug-likeness (QED) is 0.349. The number of carbonyl (C=O) groups excluding carboxylic acids is 5. The number of morpholine rings is 1. The standard InChI is InChI=1S/C29H34ClN5O7S.ClH/c30-24-11-10-23(43-24)28(39)35(25(36)5-1-2-12-32-27(38)22-4-3-13-31-22)17-21-16-34(29(40)42-21)20-8-6-19(7-9-20)33-14-15-41-18-26(33)37;/h6-11,21-22,31H,1-5,12-18H2,(H,32,38);1H/t21-,22-;/m1./s1. The number of anilines is 2. The number of carbonyl (C=O) groups is 5. The van der Waals surface area contributed by atoms with Gasteiger partial charge in [-0.05, 0) is 68.6 Å². The number of hydrogen-bond acceptors (Lipinski definition) is 9. The summed E-state index contributed by atoms with van der Waals surface area (Å²) in [5, 5.41) is 6.05. The van der Waals surface area contributed by atoms with Gasteiger partial charge in [0.25, 0.3) is 11.8 Å². The third-order valence-corrected chi connectivity index (χ3v) is 8.76. The highest BCUT2D eigenvalue weighted by Crippen LogP contribution is 2.27. The summed E-state index contributed by atoms with van der Waals surface area (Å²) in [5.41, 5.74) is 1.27. The Morgan fingerprint density at radius 3 is 2.48 bits per heavy atom. The number of rotatable bonds is 11. The zero-order valence-electron chi connectivity index (χ0n) is 24.0. The highest BCUT2D eigenvalue weighted by atomic mass is 35.5. The zero-order valence-corrected chi connectivity index (χ0v) is 26.4. The van der Waals surface area contributed by atoms with Crippen LogP contribution >= 0.6 is 35.3 Å².